The Hall–Kier alpha value is -0.930. The number of aliphatic hydroxyl groups excluding tert-OH is 2. The molecule has 0 heterocycles. The molecule has 0 spiro atoms. The number of carbonyl (C=O) groups is 1. The zero-order valence-corrected chi connectivity index (χ0v) is 7.94. The summed E-state index contributed by atoms with van der Waals surface area (Å²) in [6, 6.07) is 0. The average Bonchev–Trinajstić information content (AvgIpc) is 2.63. The number of ketones is 1. The van der Waals surface area contributed by atoms with Crippen LogP contribution in [0.5, 0.6) is 0 Å². The maximum absolute atomic E-state index is 11.6. The summed E-state index contributed by atoms with van der Waals surface area (Å²) in [5.74, 6) is -0.420. The molecule has 0 saturated heterocycles. The van der Waals surface area contributed by atoms with Crippen LogP contribution in [-0.2, 0) is 4.79 Å². The monoisotopic (exact) mass is 194 g/mol. The van der Waals surface area contributed by atoms with Crippen molar-refractivity contribution in [2.45, 2.75) is 31.5 Å². The van der Waals surface area contributed by atoms with E-state index in [1.54, 1.807) is 6.08 Å². The molecular weight excluding hydrogens is 180 g/mol. The smallest absolute Gasteiger partial charge is 0.187 e. The van der Waals surface area contributed by atoms with Crippen LogP contribution < -0.4 is 0 Å². The third kappa shape index (κ3) is 1.16. The number of carbonyl (C=O) groups excluding carboxylic acids is 1. The van der Waals surface area contributed by atoms with Gasteiger partial charge in [-0.05, 0) is 24.8 Å². The molecule has 0 aromatic heterocycles. The third-order valence-electron chi connectivity index (χ3n) is 3.14. The molecule has 0 bridgehead atoms. The minimum Gasteiger partial charge on any atom is -0.389 e. The normalized spacial score (nSPS) is 36.4. The Morgan fingerprint density at radius 3 is 2.86 bits per heavy atom. The minimum atomic E-state index is -0.951. The van der Waals surface area contributed by atoms with Crippen LogP contribution in [0.15, 0.2) is 23.8 Å². The second-order valence-corrected chi connectivity index (χ2v) is 3.93. The van der Waals surface area contributed by atoms with Gasteiger partial charge in [-0.1, -0.05) is 6.08 Å². The van der Waals surface area contributed by atoms with Crippen molar-refractivity contribution < 1.29 is 15.0 Å². The summed E-state index contributed by atoms with van der Waals surface area (Å²) in [7, 11) is 0. The maximum atomic E-state index is 11.6. The molecule has 2 unspecified atom stereocenters. The first-order valence-corrected chi connectivity index (χ1v) is 4.91. The number of Topliss-reactive ketones (excluding diaryl/α,β-unsaturated/α-hetero) is 1. The Kier molecular flexibility index (Phi) is 2.29. The number of aliphatic hydroxyl groups is 2. The van der Waals surface area contributed by atoms with Gasteiger partial charge in [0.1, 0.15) is 6.10 Å². The van der Waals surface area contributed by atoms with E-state index < -0.39 is 12.2 Å². The lowest BCUT2D eigenvalue weighted by molar-refractivity contribution is -0.123. The largest absolute Gasteiger partial charge is 0.389 e. The highest BCUT2D eigenvalue weighted by molar-refractivity contribution is 6.03. The summed E-state index contributed by atoms with van der Waals surface area (Å²) in [5.41, 5.74) is 1.43. The van der Waals surface area contributed by atoms with Gasteiger partial charge in [0.25, 0.3) is 0 Å². The first kappa shape index (κ1) is 9.62. The molecular formula is C11H14O3. The van der Waals surface area contributed by atoms with Crippen LogP contribution in [0.1, 0.15) is 19.3 Å². The van der Waals surface area contributed by atoms with Gasteiger partial charge in [0.05, 0.1) is 6.10 Å². The van der Waals surface area contributed by atoms with Gasteiger partial charge in [-0.2, -0.15) is 0 Å². The van der Waals surface area contributed by atoms with Crippen molar-refractivity contribution in [2.75, 3.05) is 0 Å². The molecule has 0 amide bonds. The van der Waals surface area contributed by atoms with Gasteiger partial charge in [-0.15, -0.1) is 6.58 Å². The Morgan fingerprint density at radius 2 is 2.21 bits per heavy atom. The van der Waals surface area contributed by atoms with Crippen molar-refractivity contribution in [3.63, 3.8) is 0 Å². The average molecular weight is 194 g/mol. The van der Waals surface area contributed by atoms with E-state index in [9.17, 15) is 15.0 Å². The van der Waals surface area contributed by atoms with Gasteiger partial charge >= 0.3 is 0 Å². The lowest BCUT2D eigenvalue weighted by Gasteiger charge is -2.18. The van der Waals surface area contributed by atoms with Crippen molar-refractivity contribution in [1.82, 2.24) is 0 Å². The predicted octanol–water partition coefficient (Wildman–Crippen LogP) is 0.574. The fourth-order valence-corrected chi connectivity index (χ4v) is 2.49. The highest BCUT2D eigenvalue weighted by Gasteiger charge is 2.45. The number of rotatable bonds is 2. The molecule has 14 heavy (non-hydrogen) atoms. The second kappa shape index (κ2) is 3.33. The lowest BCUT2D eigenvalue weighted by Crippen LogP contribution is -2.27. The van der Waals surface area contributed by atoms with Crippen LogP contribution in [0, 0.1) is 5.92 Å². The molecule has 3 atom stereocenters. The summed E-state index contributed by atoms with van der Waals surface area (Å²) in [5, 5.41) is 19.3. The Bertz CT molecular complexity index is 316. The first-order chi connectivity index (χ1) is 6.66. The number of allylic oxidation sites excluding steroid dienone is 1. The van der Waals surface area contributed by atoms with Crippen molar-refractivity contribution in [3.05, 3.63) is 23.8 Å². The zero-order valence-electron chi connectivity index (χ0n) is 7.94. The minimum absolute atomic E-state index is 0.191. The van der Waals surface area contributed by atoms with Crippen molar-refractivity contribution in [2.24, 2.45) is 5.92 Å². The van der Waals surface area contributed by atoms with Gasteiger partial charge in [-0.3, -0.25) is 4.79 Å². The van der Waals surface area contributed by atoms with Crippen LogP contribution in [0.25, 0.3) is 0 Å². The summed E-state index contributed by atoms with van der Waals surface area (Å²) < 4.78 is 0. The third-order valence-corrected chi connectivity index (χ3v) is 3.14. The fourth-order valence-electron chi connectivity index (χ4n) is 2.49. The first-order valence-electron chi connectivity index (χ1n) is 4.91. The fraction of sp³-hybridized carbons (Fsp3) is 0.545. The van der Waals surface area contributed by atoms with Gasteiger partial charge in [-0.25, -0.2) is 0 Å². The standard InChI is InChI=1S/C11H14O3/c1-2-3-6-9-7(4-5-8(9)12)11(14)10(6)13/h2,6,8,10,12-13H,1,3-5H2/t6?,8-,10?/m0/s1. The van der Waals surface area contributed by atoms with E-state index in [2.05, 4.69) is 6.58 Å². The Labute approximate surface area is 82.7 Å². The summed E-state index contributed by atoms with van der Waals surface area (Å²) in [6.45, 7) is 3.60. The summed E-state index contributed by atoms with van der Waals surface area (Å²) in [4.78, 5) is 11.6. The molecule has 0 aromatic rings. The van der Waals surface area contributed by atoms with Gasteiger partial charge in [0.15, 0.2) is 5.78 Å². The van der Waals surface area contributed by atoms with Gasteiger partial charge < -0.3 is 10.2 Å². The number of hydrogen-bond donors (Lipinski definition) is 2. The van der Waals surface area contributed by atoms with Crippen LogP contribution in [0.3, 0.4) is 0 Å². The molecule has 76 valence electrons. The van der Waals surface area contributed by atoms with Crippen LogP contribution in [0.2, 0.25) is 0 Å². The van der Waals surface area contributed by atoms with E-state index in [0.29, 0.717) is 24.8 Å². The number of hydrogen-bond acceptors (Lipinski definition) is 3. The molecule has 0 aromatic carbocycles. The quantitative estimate of drug-likeness (QED) is 0.632. The highest BCUT2D eigenvalue weighted by Crippen LogP contribution is 2.42. The molecule has 0 radical (unpaired) electrons. The lowest BCUT2D eigenvalue weighted by atomic mass is 9.92. The Morgan fingerprint density at radius 1 is 1.50 bits per heavy atom. The predicted molar refractivity (Wildman–Crippen MR) is 51.6 cm³/mol. The molecule has 3 nitrogen and oxygen atoms in total. The molecule has 0 saturated carbocycles. The van der Waals surface area contributed by atoms with Gasteiger partial charge in [0.2, 0.25) is 0 Å². The molecule has 2 N–H and O–H groups in total. The maximum Gasteiger partial charge on any atom is 0.187 e. The van der Waals surface area contributed by atoms with E-state index in [-0.39, 0.29) is 11.7 Å². The van der Waals surface area contributed by atoms with Crippen LogP contribution >= 0.6 is 0 Å². The molecule has 0 aliphatic heterocycles. The van der Waals surface area contributed by atoms with Crippen LogP contribution in [0.4, 0.5) is 0 Å². The molecule has 3 heteroatoms. The molecule has 2 aliphatic rings. The van der Waals surface area contributed by atoms with Crippen LogP contribution in [-0.4, -0.2) is 28.2 Å². The topological polar surface area (TPSA) is 57.5 Å². The van der Waals surface area contributed by atoms with Crippen molar-refractivity contribution in [1.29, 1.82) is 0 Å². The second-order valence-electron chi connectivity index (χ2n) is 3.93. The van der Waals surface area contributed by atoms with E-state index in [0.717, 1.165) is 5.57 Å². The SMILES string of the molecule is C=CCC1C2=C(CC[C@@H]2O)C(=O)C1O. The van der Waals surface area contributed by atoms with E-state index in [1.165, 1.54) is 0 Å². The van der Waals surface area contributed by atoms with Gasteiger partial charge in [0, 0.05) is 11.5 Å². The summed E-state index contributed by atoms with van der Waals surface area (Å²) in [6.07, 6.45) is 1.99. The van der Waals surface area contributed by atoms with E-state index in [1.807, 2.05) is 0 Å². The van der Waals surface area contributed by atoms with Crippen molar-refractivity contribution in [3.8, 4) is 0 Å². The molecule has 2 rings (SSSR count). The van der Waals surface area contributed by atoms with Crippen molar-refractivity contribution >= 4 is 5.78 Å². The molecule has 2 aliphatic carbocycles. The summed E-state index contributed by atoms with van der Waals surface area (Å²) >= 11 is 0. The highest BCUT2D eigenvalue weighted by atomic mass is 16.3. The van der Waals surface area contributed by atoms with E-state index >= 15 is 0 Å². The van der Waals surface area contributed by atoms with E-state index in [4.69, 9.17) is 0 Å². The molecule has 0 fully saturated rings. The zero-order chi connectivity index (χ0) is 10.3. The Balaban J connectivity index is 2.33.